The molecule has 136 valence electrons. The molecule has 1 aromatic carbocycles. The third-order valence-corrected chi connectivity index (χ3v) is 5.64. The minimum Gasteiger partial charge on any atom is -0.467 e. The monoisotopic (exact) mass is 416 g/mol. The predicted octanol–water partition coefficient (Wildman–Crippen LogP) is 5.58. The number of pyridine rings is 1. The number of halogens is 2. The molecule has 0 saturated carbocycles. The van der Waals surface area contributed by atoms with Crippen LogP contribution in [0.4, 0.5) is 0 Å². The van der Waals surface area contributed by atoms with Gasteiger partial charge in [-0.05, 0) is 42.0 Å². The van der Waals surface area contributed by atoms with Crippen molar-refractivity contribution in [1.29, 1.82) is 0 Å². The largest absolute Gasteiger partial charge is 0.467 e. The molecular weight excluding hydrogens is 403 g/mol. The highest BCUT2D eigenvalue weighted by molar-refractivity contribution is 7.98. The molecule has 0 unspecified atom stereocenters. The van der Waals surface area contributed by atoms with E-state index in [9.17, 15) is 0 Å². The van der Waals surface area contributed by atoms with Gasteiger partial charge >= 0.3 is 0 Å². The second-order valence-corrected chi connectivity index (χ2v) is 7.46. The van der Waals surface area contributed by atoms with Gasteiger partial charge in [-0.1, -0.05) is 41.0 Å². The fourth-order valence-corrected chi connectivity index (χ4v) is 4.29. The maximum absolute atomic E-state index is 6.29. The van der Waals surface area contributed by atoms with Gasteiger partial charge < -0.3 is 4.42 Å². The Morgan fingerprint density at radius 1 is 1.00 bits per heavy atom. The summed E-state index contributed by atoms with van der Waals surface area (Å²) in [5.41, 5.74) is 1.76. The highest BCUT2D eigenvalue weighted by Gasteiger charge is 2.17. The van der Waals surface area contributed by atoms with Gasteiger partial charge in [0, 0.05) is 33.8 Å². The molecule has 0 atom stereocenters. The van der Waals surface area contributed by atoms with Crippen LogP contribution in [0.1, 0.15) is 11.3 Å². The van der Waals surface area contributed by atoms with Crippen molar-refractivity contribution < 1.29 is 4.42 Å². The van der Waals surface area contributed by atoms with Gasteiger partial charge in [-0.3, -0.25) is 9.55 Å². The zero-order valence-corrected chi connectivity index (χ0v) is 16.4. The quantitative estimate of drug-likeness (QED) is 0.384. The average molecular weight is 417 g/mol. The molecule has 8 heteroatoms. The average Bonchev–Trinajstić information content (AvgIpc) is 3.33. The zero-order chi connectivity index (χ0) is 18.6. The second-order valence-electron chi connectivity index (χ2n) is 5.70. The lowest BCUT2D eigenvalue weighted by Crippen LogP contribution is -2.03. The highest BCUT2D eigenvalue weighted by Crippen LogP contribution is 2.32. The Hall–Kier alpha value is -2.28. The summed E-state index contributed by atoms with van der Waals surface area (Å²) in [7, 11) is 0. The summed E-state index contributed by atoms with van der Waals surface area (Å²) in [4.78, 5) is 4.18. The molecule has 0 aliphatic carbocycles. The first-order chi connectivity index (χ1) is 13.2. The van der Waals surface area contributed by atoms with Gasteiger partial charge in [-0.15, -0.1) is 10.2 Å². The van der Waals surface area contributed by atoms with Crippen molar-refractivity contribution in [2.75, 3.05) is 0 Å². The van der Waals surface area contributed by atoms with Crippen molar-refractivity contribution >= 4 is 35.0 Å². The van der Waals surface area contributed by atoms with Crippen LogP contribution in [0.25, 0.3) is 11.4 Å². The number of furan rings is 1. The number of rotatable bonds is 6. The Morgan fingerprint density at radius 3 is 2.56 bits per heavy atom. The van der Waals surface area contributed by atoms with Crippen LogP contribution in [0.3, 0.4) is 0 Å². The predicted molar refractivity (Wildman–Crippen MR) is 107 cm³/mol. The van der Waals surface area contributed by atoms with Gasteiger partial charge in [-0.2, -0.15) is 0 Å². The van der Waals surface area contributed by atoms with E-state index in [0.29, 0.717) is 22.3 Å². The third kappa shape index (κ3) is 4.03. The molecule has 3 aromatic heterocycles. The fraction of sp³-hybridized carbons (Fsp3) is 0.105. The van der Waals surface area contributed by atoms with Crippen LogP contribution in [0.5, 0.6) is 0 Å². The molecule has 0 aliphatic heterocycles. The Kier molecular flexibility index (Phi) is 5.48. The molecule has 0 aliphatic rings. The van der Waals surface area contributed by atoms with E-state index in [2.05, 4.69) is 15.2 Å². The molecule has 3 heterocycles. The molecule has 0 fully saturated rings. The lowest BCUT2D eigenvalue weighted by molar-refractivity contribution is 0.485. The standard InChI is InChI=1S/C19H14Cl2N4OS/c20-16-6-1-7-17(21)15(16)12-27-19-24-23-18(13-4-2-8-22-10-13)25(19)11-14-5-3-9-26-14/h1-10H,11-12H2. The van der Waals surface area contributed by atoms with E-state index in [-0.39, 0.29) is 0 Å². The topological polar surface area (TPSA) is 56.7 Å². The maximum atomic E-state index is 6.29. The van der Waals surface area contributed by atoms with Crippen LogP contribution in [-0.2, 0) is 12.3 Å². The van der Waals surface area contributed by atoms with Crippen LogP contribution in [0.15, 0.2) is 70.7 Å². The Morgan fingerprint density at radius 2 is 1.85 bits per heavy atom. The normalized spacial score (nSPS) is 11.0. The SMILES string of the molecule is Clc1cccc(Cl)c1CSc1nnc(-c2cccnc2)n1Cc1ccco1. The first-order valence-electron chi connectivity index (χ1n) is 8.14. The van der Waals surface area contributed by atoms with E-state index < -0.39 is 0 Å². The highest BCUT2D eigenvalue weighted by atomic mass is 35.5. The molecular formula is C19H14Cl2N4OS. The summed E-state index contributed by atoms with van der Waals surface area (Å²) in [6.45, 7) is 0.517. The molecule has 4 rings (SSSR count). The summed E-state index contributed by atoms with van der Waals surface area (Å²) < 4.78 is 7.52. The number of hydrogen-bond donors (Lipinski definition) is 0. The number of hydrogen-bond acceptors (Lipinski definition) is 5. The molecule has 5 nitrogen and oxygen atoms in total. The van der Waals surface area contributed by atoms with Crippen LogP contribution in [0, 0.1) is 0 Å². The van der Waals surface area contributed by atoms with Crippen molar-refractivity contribution in [2.24, 2.45) is 0 Å². The lowest BCUT2D eigenvalue weighted by Gasteiger charge is -2.10. The lowest BCUT2D eigenvalue weighted by atomic mass is 10.2. The van der Waals surface area contributed by atoms with Gasteiger partial charge in [0.15, 0.2) is 11.0 Å². The summed E-state index contributed by atoms with van der Waals surface area (Å²) in [5, 5.41) is 10.8. The summed E-state index contributed by atoms with van der Waals surface area (Å²) in [6, 6.07) is 13.1. The van der Waals surface area contributed by atoms with Crippen LogP contribution in [0.2, 0.25) is 10.0 Å². The maximum Gasteiger partial charge on any atom is 0.192 e. The molecule has 4 aromatic rings. The minimum atomic E-state index is 0.517. The smallest absolute Gasteiger partial charge is 0.192 e. The van der Waals surface area contributed by atoms with Gasteiger partial charge in [-0.25, -0.2) is 0 Å². The van der Waals surface area contributed by atoms with E-state index >= 15 is 0 Å². The van der Waals surface area contributed by atoms with Crippen molar-refractivity contribution in [3.63, 3.8) is 0 Å². The Bertz CT molecular complexity index is 1020. The van der Waals surface area contributed by atoms with E-state index in [0.717, 1.165) is 27.9 Å². The van der Waals surface area contributed by atoms with Gasteiger partial charge in [0.2, 0.25) is 0 Å². The van der Waals surface area contributed by atoms with Crippen molar-refractivity contribution in [3.05, 3.63) is 82.5 Å². The zero-order valence-electron chi connectivity index (χ0n) is 14.0. The molecule has 0 radical (unpaired) electrons. The molecule has 0 N–H and O–H groups in total. The third-order valence-electron chi connectivity index (χ3n) is 3.94. The molecule has 0 saturated heterocycles. The van der Waals surface area contributed by atoms with Crippen molar-refractivity contribution in [3.8, 4) is 11.4 Å². The van der Waals surface area contributed by atoms with Crippen LogP contribution < -0.4 is 0 Å². The summed E-state index contributed by atoms with van der Waals surface area (Å²) >= 11 is 14.1. The Balaban J connectivity index is 1.67. The van der Waals surface area contributed by atoms with Crippen molar-refractivity contribution in [2.45, 2.75) is 17.5 Å². The Labute approximate surface area is 170 Å². The second kappa shape index (κ2) is 8.17. The molecule has 0 bridgehead atoms. The molecule has 0 spiro atoms. The van der Waals surface area contributed by atoms with E-state index in [1.807, 2.05) is 47.0 Å². The summed E-state index contributed by atoms with van der Waals surface area (Å²) in [6.07, 6.45) is 5.15. The number of aromatic nitrogens is 4. The van der Waals surface area contributed by atoms with E-state index in [1.165, 1.54) is 11.8 Å². The van der Waals surface area contributed by atoms with Gasteiger partial charge in [0.1, 0.15) is 5.76 Å². The van der Waals surface area contributed by atoms with E-state index in [4.69, 9.17) is 27.6 Å². The molecule has 0 amide bonds. The summed E-state index contributed by atoms with van der Waals surface area (Å²) in [5.74, 6) is 2.13. The minimum absolute atomic E-state index is 0.517. The van der Waals surface area contributed by atoms with E-state index in [1.54, 1.807) is 18.7 Å². The first kappa shape index (κ1) is 18.1. The molecule has 27 heavy (non-hydrogen) atoms. The fourth-order valence-electron chi connectivity index (χ4n) is 2.61. The van der Waals surface area contributed by atoms with Gasteiger partial charge in [0.05, 0.1) is 12.8 Å². The van der Waals surface area contributed by atoms with Crippen molar-refractivity contribution in [1.82, 2.24) is 19.7 Å². The number of benzene rings is 1. The number of nitrogens with zero attached hydrogens (tertiary/aromatic N) is 4. The van der Waals surface area contributed by atoms with Crippen LogP contribution in [-0.4, -0.2) is 19.7 Å². The van der Waals surface area contributed by atoms with Crippen LogP contribution >= 0.6 is 35.0 Å². The number of thioether (sulfide) groups is 1. The first-order valence-corrected chi connectivity index (χ1v) is 9.88. The van der Waals surface area contributed by atoms with Gasteiger partial charge in [0.25, 0.3) is 0 Å².